The SMILES string of the molecule is Cc1c(CC(=O)N[C@@H](C)C(N)=O)c2c(n1Cc1ccc(F)cc1)CCCC2=O. The van der Waals surface area contributed by atoms with Gasteiger partial charge in [0.15, 0.2) is 5.78 Å². The first-order valence-corrected chi connectivity index (χ1v) is 9.35. The van der Waals surface area contributed by atoms with Gasteiger partial charge in [0.2, 0.25) is 11.8 Å². The lowest BCUT2D eigenvalue weighted by Crippen LogP contribution is -2.42. The summed E-state index contributed by atoms with van der Waals surface area (Å²) >= 11 is 0. The number of nitrogens with two attached hydrogens (primary N) is 1. The zero-order valence-corrected chi connectivity index (χ0v) is 16.0. The number of Topliss-reactive ketones (excluding diaryl/α,β-unsaturated/α-hetero) is 1. The molecule has 2 aromatic rings. The third-order valence-electron chi connectivity index (χ3n) is 5.25. The summed E-state index contributed by atoms with van der Waals surface area (Å²) in [5, 5.41) is 2.57. The molecule has 3 rings (SSSR count). The molecule has 7 heteroatoms. The molecular formula is C21H24FN3O3. The number of hydrogen-bond acceptors (Lipinski definition) is 3. The van der Waals surface area contributed by atoms with Crippen LogP contribution in [-0.4, -0.2) is 28.2 Å². The van der Waals surface area contributed by atoms with Crippen LogP contribution in [0.15, 0.2) is 24.3 Å². The van der Waals surface area contributed by atoms with E-state index in [0.29, 0.717) is 24.1 Å². The van der Waals surface area contributed by atoms with Gasteiger partial charge in [-0.1, -0.05) is 12.1 Å². The highest BCUT2D eigenvalue weighted by Crippen LogP contribution is 2.31. The summed E-state index contributed by atoms with van der Waals surface area (Å²) in [7, 11) is 0. The number of ketones is 1. The highest BCUT2D eigenvalue weighted by atomic mass is 19.1. The Morgan fingerprint density at radius 2 is 1.93 bits per heavy atom. The lowest BCUT2D eigenvalue weighted by atomic mass is 9.92. The molecule has 1 atom stereocenters. The summed E-state index contributed by atoms with van der Waals surface area (Å²) in [5.74, 6) is -1.23. The molecule has 3 N–H and O–H groups in total. The highest BCUT2D eigenvalue weighted by molar-refractivity contribution is 6.01. The molecule has 0 unspecified atom stereocenters. The Morgan fingerprint density at radius 1 is 1.25 bits per heavy atom. The van der Waals surface area contributed by atoms with Crippen molar-refractivity contribution < 1.29 is 18.8 Å². The minimum Gasteiger partial charge on any atom is -0.368 e. The number of hydrogen-bond donors (Lipinski definition) is 2. The molecule has 0 aliphatic heterocycles. The van der Waals surface area contributed by atoms with Crippen LogP contribution in [-0.2, 0) is 29.0 Å². The van der Waals surface area contributed by atoms with Crippen LogP contribution in [0.3, 0.4) is 0 Å². The zero-order chi connectivity index (χ0) is 20.4. The van der Waals surface area contributed by atoms with Crippen LogP contribution in [0.25, 0.3) is 0 Å². The fourth-order valence-electron chi connectivity index (χ4n) is 3.71. The van der Waals surface area contributed by atoms with Gasteiger partial charge in [0.25, 0.3) is 0 Å². The summed E-state index contributed by atoms with van der Waals surface area (Å²) in [6.45, 7) is 3.91. The van der Waals surface area contributed by atoms with Crippen molar-refractivity contribution >= 4 is 17.6 Å². The van der Waals surface area contributed by atoms with Crippen molar-refractivity contribution in [3.63, 3.8) is 0 Å². The van der Waals surface area contributed by atoms with Crippen LogP contribution in [0.2, 0.25) is 0 Å². The Balaban J connectivity index is 1.95. The number of nitrogens with one attached hydrogen (secondary N) is 1. The Kier molecular flexibility index (Phi) is 5.63. The maximum Gasteiger partial charge on any atom is 0.239 e. The summed E-state index contributed by atoms with van der Waals surface area (Å²) in [5.41, 5.74) is 9.19. The Morgan fingerprint density at radius 3 is 2.57 bits per heavy atom. The zero-order valence-electron chi connectivity index (χ0n) is 16.0. The van der Waals surface area contributed by atoms with Crippen molar-refractivity contribution in [1.82, 2.24) is 9.88 Å². The van der Waals surface area contributed by atoms with Crippen LogP contribution >= 0.6 is 0 Å². The Labute approximate surface area is 162 Å². The number of halogens is 1. The van der Waals surface area contributed by atoms with Gasteiger partial charge in [-0.3, -0.25) is 14.4 Å². The van der Waals surface area contributed by atoms with Gasteiger partial charge in [-0.2, -0.15) is 0 Å². The van der Waals surface area contributed by atoms with Crippen molar-refractivity contribution in [2.75, 3.05) is 0 Å². The van der Waals surface area contributed by atoms with Crippen molar-refractivity contribution in [2.45, 2.75) is 52.1 Å². The van der Waals surface area contributed by atoms with E-state index in [1.54, 1.807) is 12.1 Å². The Bertz CT molecular complexity index is 931. The van der Waals surface area contributed by atoms with Crippen LogP contribution < -0.4 is 11.1 Å². The van der Waals surface area contributed by atoms with Gasteiger partial charge >= 0.3 is 0 Å². The van der Waals surface area contributed by atoms with E-state index in [0.717, 1.165) is 29.8 Å². The van der Waals surface area contributed by atoms with E-state index in [9.17, 15) is 18.8 Å². The van der Waals surface area contributed by atoms with E-state index in [1.165, 1.54) is 19.1 Å². The first kappa shape index (κ1) is 19.8. The minimum absolute atomic E-state index is 0.00788. The number of aromatic nitrogens is 1. The molecule has 28 heavy (non-hydrogen) atoms. The van der Waals surface area contributed by atoms with E-state index in [1.807, 2.05) is 11.5 Å². The quantitative estimate of drug-likeness (QED) is 0.797. The predicted molar refractivity (Wildman–Crippen MR) is 102 cm³/mol. The lowest BCUT2D eigenvalue weighted by molar-refractivity contribution is -0.126. The normalized spacial score (nSPS) is 14.5. The van der Waals surface area contributed by atoms with Crippen LogP contribution in [0.5, 0.6) is 0 Å². The van der Waals surface area contributed by atoms with Crippen LogP contribution in [0.1, 0.15) is 52.6 Å². The monoisotopic (exact) mass is 385 g/mol. The lowest BCUT2D eigenvalue weighted by Gasteiger charge is -2.16. The fraction of sp³-hybridized carbons (Fsp3) is 0.381. The molecule has 0 saturated carbocycles. The van der Waals surface area contributed by atoms with Gasteiger partial charge in [-0.15, -0.1) is 0 Å². The number of amides is 2. The summed E-state index contributed by atoms with van der Waals surface area (Å²) in [6, 6.07) is 5.47. The number of primary amides is 1. The summed E-state index contributed by atoms with van der Waals surface area (Å²) in [6.07, 6.45) is 1.98. The topological polar surface area (TPSA) is 94.2 Å². The molecule has 1 aliphatic carbocycles. The molecule has 0 fully saturated rings. The first-order valence-electron chi connectivity index (χ1n) is 9.35. The van der Waals surface area contributed by atoms with E-state index < -0.39 is 11.9 Å². The standard InChI is InChI=1S/C21H24FN3O3/c1-12(21(23)28)24-19(27)10-16-13(2)25(11-14-6-8-15(22)9-7-14)17-4-3-5-18(26)20(16)17/h6-9,12H,3-5,10-11H2,1-2H3,(H2,23,28)(H,24,27)/t12-/m0/s1. The highest BCUT2D eigenvalue weighted by Gasteiger charge is 2.29. The van der Waals surface area contributed by atoms with Crippen LogP contribution in [0.4, 0.5) is 4.39 Å². The second-order valence-corrected chi connectivity index (χ2v) is 7.24. The number of carbonyl (C=O) groups excluding carboxylic acids is 3. The molecule has 0 bridgehead atoms. The van der Waals surface area contributed by atoms with Crippen molar-refractivity contribution in [3.8, 4) is 0 Å². The number of benzene rings is 1. The fourth-order valence-corrected chi connectivity index (χ4v) is 3.71. The Hall–Kier alpha value is -2.96. The maximum absolute atomic E-state index is 13.2. The number of nitrogens with zero attached hydrogens (tertiary/aromatic N) is 1. The molecular weight excluding hydrogens is 361 g/mol. The molecule has 148 valence electrons. The van der Waals surface area contributed by atoms with Crippen LogP contribution in [0, 0.1) is 12.7 Å². The van der Waals surface area contributed by atoms with Gasteiger partial charge < -0.3 is 15.6 Å². The van der Waals surface area contributed by atoms with E-state index in [4.69, 9.17) is 5.73 Å². The second kappa shape index (κ2) is 7.96. The average molecular weight is 385 g/mol. The number of rotatable bonds is 6. The molecule has 1 aliphatic rings. The summed E-state index contributed by atoms with van der Waals surface area (Å²) in [4.78, 5) is 36.2. The molecule has 1 heterocycles. The largest absolute Gasteiger partial charge is 0.368 e. The minimum atomic E-state index is -0.777. The third-order valence-corrected chi connectivity index (χ3v) is 5.25. The van der Waals surface area contributed by atoms with E-state index in [2.05, 4.69) is 5.32 Å². The molecule has 1 aromatic carbocycles. The van der Waals surface area contributed by atoms with Gasteiger partial charge in [0.05, 0.1) is 6.42 Å². The predicted octanol–water partition coefficient (Wildman–Crippen LogP) is 2.04. The second-order valence-electron chi connectivity index (χ2n) is 7.24. The summed E-state index contributed by atoms with van der Waals surface area (Å²) < 4.78 is 15.3. The van der Waals surface area contributed by atoms with Gasteiger partial charge in [-0.25, -0.2) is 4.39 Å². The van der Waals surface area contributed by atoms with Crippen molar-refractivity contribution in [2.24, 2.45) is 5.73 Å². The smallest absolute Gasteiger partial charge is 0.239 e. The van der Waals surface area contributed by atoms with E-state index >= 15 is 0 Å². The van der Waals surface area contributed by atoms with Gasteiger partial charge in [0, 0.05) is 29.9 Å². The van der Waals surface area contributed by atoms with Gasteiger partial charge in [-0.05, 0) is 49.9 Å². The average Bonchev–Trinajstić information content (AvgIpc) is 2.90. The number of fused-ring (bicyclic) bond motifs is 1. The molecule has 0 radical (unpaired) electrons. The maximum atomic E-state index is 13.2. The van der Waals surface area contributed by atoms with E-state index in [-0.39, 0.29) is 23.9 Å². The van der Waals surface area contributed by atoms with Crippen molar-refractivity contribution in [1.29, 1.82) is 0 Å². The van der Waals surface area contributed by atoms with Crippen molar-refractivity contribution in [3.05, 3.63) is 58.2 Å². The molecule has 0 spiro atoms. The molecule has 0 saturated heterocycles. The number of carbonyl (C=O) groups is 3. The first-order chi connectivity index (χ1) is 13.3. The molecule has 6 nitrogen and oxygen atoms in total. The molecule has 2 amide bonds. The van der Waals surface area contributed by atoms with Gasteiger partial charge in [0.1, 0.15) is 11.9 Å². The molecule has 1 aromatic heterocycles. The third kappa shape index (κ3) is 3.98.